The van der Waals surface area contributed by atoms with Gasteiger partial charge in [0.2, 0.25) is 5.91 Å². The molecule has 1 aliphatic rings. The molecular weight excluding hydrogens is 338 g/mol. The summed E-state index contributed by atoms with van der Waals surface area (Å²) in [6.07, 6.45) is 6.68. The van der Waals surface area contributed by atoms with Crippen molar-refractivity contribution in [1.82, 2.24) is 5.32 Å². The second kappa shape index (κ2) is 7.46. The minimum atomic E-state index is 0.0816. The molecule has 0 aromatic heterocycles. The summed E-state index contributed by atoms with van der Waals surface area (Å²) in [5.74, 6) is 0.0816. The van der Waals surface area contributed by atoms with Crippen LogP contribution in [0.5, 0.6) is 0 Å². The number of alkyl halides is 1. The molecule has 0 unspecified atom stereocenters. The average Bonchev–Trinajstić information content (AvgIpc) is 2.46. The third-order valence-electron chi connectivity index (χ3n) is 4.11. The van der Waals surface area contributed by atoms with Gasteiger partial charge in [-0.05, 0) is 36.0 Å². The average molecular weight is 359 g/mol. The minimum absolute atomic E-state index is 0.0816. The van der Waals surface area contributed by atoms with Crippen molar-refractivity contribution in [3.8, 4) is 0 Å². The SMILES string of the molecule is O=C(Cc1cccc(Cl)c1)NCC1(CBr)CCCCC1. The van der Waals surface area contributed by atoms with Crippen LogP contribution in [0.3, 0.4) is 0 Å². The lowest BCUT2D eigenvalue weighted by Gasteiger charge is -2.35. The molecule has 1 N–H and O–H groups in total. The number of carbonyl (C=O) groups is 1. The summed E-state index contributed by atoms with van der Waals surface area (Å²) in [4.78, 5) is 12.1. The predicted octanol–water partition coefficient (Wildman–Crippen LogP) is 4.34. The topological polar surface area (TPSA) is 29.1 Å². The van der Waals surface area contributed by atoms with E-state index in [9.17, 15) is 4.79 Å². The van der Waals surface area contributed by atoms with Crippen LogP contribution in [-0.4, -0.2) is 17.8 Å². The molecule has 1 aromatic carbocycles. The van der Waals surface area contributed by atoms with Crippen LogP contribution in [0.15, 0.2) is 24.3 Å². The smallest absolute Gasteiger partial charge is 0.224 e. The van der Waals surface area contributed by atoms with E-state index in [0.717, 1.165) is 17.4 Å². The van der Waals surface area contributed by atoms with Gasteiger partial charge in [0.1, 0.15) is 0 Å². The van der Waals surface area contributed by atoms with Crippen LogP contribution in [0.1, 0.15) is 37.7 Å². The number of nitrogens with one attached hydrogen (secondary N) is 1. The number of benzene rings is 1. The van der Waals surface area contributed by atoms with E-state index in [1.54, 1.807) is 0 Å². The number of rotatable bonds is 5. The number of hydrogen-bond acceptors (Lipinski definition) is 1. The minimum Gasteiger partial charge on any atom is -0.355 e. The third-order valence-corrected chi connectivity index (χ3v) is 5.54. The molecule has 1 fully saturated rings. The number of amides is 1. The summed E-state index contributed by atoms with van der Waals surface area (Å²) in [5, 5.41) is 4.75. The zero-order valence-electron chi connectivity index (χ0n) is 11.6. The van der Waals surface area contributed by atoms with Gasteiger partial charge in [-0.3, -0.25) is 4.79 Å². The Labute approximate surface area is 134 Å². The molecule has 20 heavy (non-hydrogen) atoms. The van der Waals surface area contributed by atoms with Gasteiger partial charge in [-0.15, -0.1) is 0 Å². The van der Waals surface area contributed by atoms with E-state index in [-0.39, 0.29) is 11.3 Å². The molecule has 0 heterocycles. The summed E-state index contributed by atoms with van der Waals surface area (Å²) in [6, 6.07) is 7.49. The highest BCUT2D eigenvalue weighted by Gasteiger charge is 2.31. The lowest BCUT2D eigenvalue weighted by atomic mass is 9.75. The molecule has 1 amide bonds. The highest BCUT2D eigenvalue weighted by Crippen LogP contribution is 2.37. The molecule has 1 aliphatic carbocycles. The Morgan fingerprint density at radius 1 is 1.30 bits per heavy atom. The van der Waals surface area contributed by atoms with E-state index in [1.165, 1.54) is 32.1 Å². The second-order valence-electron chi connectivity index (χ2n) is 5.78. The van der Waals surface area contributed by atoms with Gasteiger partial charge in [-0.25, -0.2) is 0 Å². The lowest BCUT2D eigenvalue weighted by molar-refractivity contribution is -0.121. The van der Waals surface area contributed by atoms with Crippen LogP contribution in [0, 0.1) is 5.41 Å². The monoisotopic (exact) mass is 357 g/mol. The van der Waals surface area contributed by atoms with Gasteiger partial charge in [-0.2, -0.15) is 0 Å². The van der Waals surface area contributed by atoms with Crippen LogP contribution < -0.4 is 5.32 Å². The van der Waals surface area contributed by atoms with Crippen LogP contribution in [0.2, 0.25) is 5.02 Å². The first-order chi connectivity index (χ1) is 9.63. The van der Waals surface area contributed by atoms with Gasteiger partial charge in [0.05, 0.1) is 6.42 Å². The zero-order chi connectivity index (χ0) is 14.4. The van der Waals surface area contributed by atoms with Gasteiger partial charge in [-0.1, -0.05) is 58.9 Å². The van der Waals surface area contributed by atoms with Crippen molar-refractivity contribution < 1.29 is 4.79 Å². The maximum atomic E-state index is 12.1. The molecule has 0 bridgehead atoms. The largest absolute Gasteiger partial charge is 0.355 e. The lowest BCUT2D eigenvalue weighted by Crippen LogP contribution is -2.40. The van der Waals surface area contributed by atoms with Crippen molar-refractivity contribution in [3.05, 3.63) is 34.9 Å². The summed E-state index contributed by atoms with van der Waals surface area (Å²) in [7, 11) is 0. The summed E-state index contributed by atoms with van der Waals surface area (Å²) < 4.78 is 0. The molecule has 0 spiro atoms. The maximum absolute atomic E-state index is 12.1. The van der Waals surface area contributed by atoms with Crippen molar-refractivity contribution in [2.24, 2.45) is 5.41 Å². The molecule has 110 valence electrons. The van der Waals surface area contributed by atoms with Crippen molar-refractivity contribution in [1.29, 1.82) is 0 Å². The Morgan fingerprint density at radius 3 is 2.70 bits per heavy atom. The fourth-order valence-corrected chi connectivity index (χ4v) is 3.81. The van der Waals surface area contributed by atoms with Crippen LogP contribution in [0.4, 0.5) is 0 Å². The zero-order valence-corrected chi connectivity index (χ0v) is 14.0. The fourth-order valence-electron chi connectivity index (χ4n) is 2.84. The predicted molar refractivity (Wildman–Crippen MR) is 87.5 cm³/mol. The molecule has 0 aliphatic heterocycles. The Hall–Kier alpha value is -0.540. The van der Waals surface area contributed by atoms with Crippen LogP contribution in [0.25, 0.3) is 0 Å². The number of hydrogen-bond donors (Lipinski definition) is 1. The van der Waals surface area contributed by atoms with Crippen LogP contribution in [-0.2, 0) is 11.2 Å². The number of halogens is 2. The maximum Gasteiger partial charge on any atom is 0.224 e. The van der Waals surface area contributed by atoms with E-state index < -0.39 is 0 Å². The van der Waals surface area contributed by atoms with Crippen molar-refractivity contribution in [2.45, 2.75) is 38.5 Å². The molecule has 0 atom stereocenters. The van der Waals surface area contributed by atoms with Gasteiger partial charge in [0.15, 0.2) is 0 Å². The van der Waals surface area contributed by atoms with Crippen molar-refractivity contribution in [3.63, 3.8) is 0 Å². The van der Waals surface area contributed by atoms with E-state index in [0.29, 0.717) is 11.4 Å². The Balaban J connectivity index is 1.85. The Kier molecular flexibility index (Phi) is 5.91. The highest BCUT2D eigenvalue weighted by atomic mass is 79.9. The molecule has 2 rings (SSSR count). The highest BCUT2D eigenvalue weighted by molar-refractivity contribution is 9.09. The Bertz CT molecular complexity index is 458. The first-order valence-corrected chi connectivity index (χ1v) is 8.71. The molecule has 0 radical (unpaired) electrons. The molecule has 4 heteroatoms. The molecule has 2 nitrogen and oxygen atoms in total. The molecule has 1 aromatic rings. The van der Waals surface area contributed by atoms with Gasteiger partial charge < -0.3 is 5.32 Å². The normalized spacial score (nSPS) is 17.7. The van der Waals surface area contributed by atoms with Gasteiger partial charge in [0.25, 0.3) is 0 Å². The first kappa shape index (κ1) is 15.8. The van der Waals surface area contributed by atoms with Crippen LogP contribution >= 0.6 is 27.5 Å². The molecule has 0 saturated heterocycles. The van der Waals surface area contributed by atoms with E-state index >= 15 is 0 Å². The quantitative estimate of drug-likeness (QED) is 0.779. The Morgan fingerprint density at radius 2 is 2.05 bits per heavy atom. The van der Waals surface area contributed by atoms with Crippen molar-refractivity contribution in [2.75, 3.05) is 11.9 Å². The molecule has 1 saturated carbocycles. The molecular formula is C16H21BrClNO. The first-order valence-electron chi connectivity index (χ1n) is 7.21. The van der Waals surface area contributed by atoms with E-state index in [2.05, 4.69) is 21.2 Å². The van der Waals surface area contributed by atoms with E-state index in [4.69, 9.17) is 11.6 Å². The van der Waals surface area contributed by atoms with Gasteiger partial charge in [0, 0.05) is 16.9 Å². The standard InChI is InChI=1S/C16H21BrClNO/c17-11-16(7-2-1-3-8-16)12-19-15(20)10-13-5-4-6-14(18)9-13/h4-6,9H,1-3,7-8,10-12H2,(H,19,20). The summed E-state index contributed by atoms with van der Waals surface area (Å²) >= 11 is 9.56. The fraction of sp³-hybridized carbons (Fsp3) is 0.562. The summed E-state index contributed by atoms with van der Waals surface area (Å²) in [5.41, 5.74) is 1.22. The third kappa shape index (κ3) is 4.49. The van der Waals surface area contributed by atoms with Gasteiger partial charge >= 0.3 is 0 Å². The number of carbonyl (C=O) groups excluding carboxylic acids is 1. The van der Waals surface area contributed by atoms with E-state index in [1.807, 2.05) is 24.3 Å². The van der Waals surface area contributed by atoms with Crippen molar-refractivity contribution >= 4 is 33.4 Å². The second-order valence-corrected chi connectivity index (χ2v) is 6.77. The summed E-state index contributed by atoms with van der Waals surface area (Å²) in [6.45, 7) is 0.775.